The Hall–Kier alpha value is -2.64. The number of nitrogens with zero attached hydrogens (tertiary/aromatic N) is 1. The number of carbonyl (C=O) groups excluding carboxylic acids is 1. The molecule has 0 aliphatic heterocycles. The van der Waals surface area contributed by atoms with Crippen molar-refractivity contribution in [3.05, 3.63) is 33.9 Å². The Bertz CT molecular complexity index is 529. The molecular weight excluding hydrogens is 254 g/mol. The van der Waals surface area contributed by atoms with Gasteiger partial charge in [0.25, 0.3) is 5.69 Å². The highest BCUT2D eigenvalue weighted by atomic mass is 16.6. The molecule has 0 aliphatic carbocycles. The average molecular weight is 267 g/mol. The number of carboxylic acids is 1. The third kappa shape index (κ3) is 3.66. The van der Waals surface area contributed by atoms with Crippen LogP contribution in [0.2, 0.25) is 0 Å². The number of nitro benzene ring substituents is 1. The van der Waals surface area contributed by atoms with Crippen LogP contribution in [0.25, 0.3) is 0 Å². The number of carboxylic acid groups (broad SMARTS) is 1. The topological polar surface area (TPSA) is 122 Å². The molecule has 1 aromatic rings. The summed E-state index contributed by atoms with van der Waals surface area (Å²) in [6.07, 6.45) is 0. The van der Waals surface area contributed by atoms with Crippen LogP contribution < -0.4 is 10.6 Å². The number of nitro groups is 1. The van der Waals surface area contributed by atoms with Crippen molar-refractivity contribution in [1.29, 1.82) is 0 Å². The van der Waals surface area contributed by atoms with Crippen molar-refractivity contribution in [2.75, 3.05) is 5.32 Å². The van der Waals surface area contributed by atoms with E-state index in [2.05, 4.69) is 10.6 Å². The normalized spacial score (nSPS) is 11.5. The monoisotopic (exact) mass is 267 g/mol. The summed E-state index contributed by atoms with van der Waals surface area (Å²) in [4.78, 5) is 32.2. The maximum atomic E-state index is 11.5. The molecule has 0 radical (unpaired) electrons. The van der Waals surface area contributed by atoms with Gasteiger partial charge in [-0.25, -0.2) is 4.79 Å². The fraction of sp³-hybridized carbons (Fsp3) is 0.273. The SMILES string of the molecule is Cc1c(NC(=O)N[C@H](C)C(=O)O)cccc1[N+](=O)[O-]. The number of anilines is 1. The Labute approximate surface area is 108 Å². The van der Waals surface area contributed by atoms with Crippen LogP contribution in [0.3, 0.4) is 0 Å². The maximum absolute atomic E-state index is 11.5. The van der Waals surface area contributed by atoms with Gasteiger partial charge in [0.1, 0.15) is 6.04 Å². The lowest BCUT2D eigenvalue weighted by Gasteiger charge is -2.12. The van der Waals surface area contributed by atoms with E-state index in [0.717, 1.165) is 0 Å². The first-order chi connectivity index (χ1) is 8.82. The lowest BCUT2D eigenvalue weighted by Crippen LogP contribution is -2.40. The van der Waals surface area contributed by atoms with Crippen LogP contribution in [-0.2, 0) is 4.79 Å². The molecule has 19 heavy (non-hydrogen) atoms. The minimum Gasteiger partial charge on any atom is -0.480 e. The molecule has 8 heteroatoms. The number of nitrogens with one attached hydrogen (secondary N) is 2. The molecule has 1 aromatic carbocycles. The van der Waals surface area contributed by atoms with Crippen molar-refractivity contribution in [1.82, 2.24) is 5.32 Å². The average Bonchev–Trinajstić information content (AvgIpc) is 2.31. The van der Waals surface area contributed by atoms with Crippen molar-refractivity contribution in [2.24, 2.45) is 0 Å². The number of hydrogen-bond donors (Lipinski definition) is 3. The number of urea groups is 1. The minimum absolute atomic E-state index is 0.121. The molecule has 8 nitrogen and oxygen atoms in total. The van der Waals surface area contributed by atoms with Gasteiger partial charge in [0.05, 0.1) is 16.2 Å². The third-order valence-electron chi connectivity index (χ3n) is 2.47. The molecule has 1 atom stereocenters. The maximum Gasteiger partial charge on any atom is 0.325 e. The Morgan fingerprint density at radius 3 is 2.58 bits per heavy atom. The molecule has 0 unspecified atom stereocenters. The Morgan fingerprint density at radius 2 is 2.05 bits per heavy atom. The molecule has 0 bridgehead atoms. The summed E-state index contributed by atoms with van der Waals surface area (Å²) >= 11 is 0. The molecule has 0 aliphatic rings. The van der Waals surface area contributed by atoms with E-state index in [4.69, 9.17) is 5.11 Å². The van der Waals surface area contributed by atoms with E-state index < -0.39 is 23.0 Å². The zero-order chi connectivity index (χ0) is 14.6. The quantitative estimate of drug-likeness (QED) is 0.563. The molecule has 3 N–H and O–H groups in total. The summed E-state index contributed by atoms with van der Waals surface area (Å²) in [6.45, 7) is 2.80. The molecule has 2 amide bonds. The largest absolute Gasteiger partial charge is 0.480 e. The van der Waals surface area contributed by atoms with Crippen molar-refractivity contribution in [3.8, 4) is 0 Å². The van der Waals surface area contributed by atoms with Crippen molar-refractivity contribution < 1.29 is 19.6 Å². The fourth-order valence-electron chi connectivity index (χ4n) is 1.37. The molecule has 102 valence electrons. The van der Waals surface area contributed by atoms with Gasteiger partial charge < -0.3 is 15.7 Å². The molecule has 0 heterocycles. The lowest BCUT2D eigenvalue weighted by molar-refractivity contribution is -0.385. The standard InChI is InChI=1S/C11H13N3O5/c1-6-8(4-3-5-9(6)14(18)19)13-11(17)12-7(2)10(15)16/h3-5,7H,1-2H3,(H,15,16)(H2,12,13,17)/t7-/m1/s1. The molecule has 1 rings (SSSR count). The molecule has 0 saturated carbocycles. The summed E-state index contributed by atoms with van der Waals surface area (Å²) < 4.78 is 0. The molecular formula is C11H13N3O5. The molecule has 0 saturated heterocycles. The van der Waals surface area contributed by atoms with Crippen LogP contribution in [-0.4, -0.2) is 28.1 Å². The van der Waals surface area contributed by atoms with Gasteiger partial charge in [0.2, 0.25) is 0 Å². The predicted molar refractivity (Wildman–Crippen MR) is 67.1 cm³/mol. The smallest absolute Gasteiger partial charge is 0.325 e. The van der Waals surface area contributed by atoms with Crippen LogP contribution in [0, 0.1) is 17.0 Å². The highest BCUT2D eigenvalue weighted by Crippen LogP contribution is 2.24. The van der Waals surface area contributed by atoms with E-state index in [-0.39, 0.29) is 11.4 Å². The van der Waals surface area contributed by atoms with Gasteiger partial charge in [-0.15, -0.1) is 0 Å². The number of hydrogen-bond acceptors (Lipinski definition) is 4. The first kappa shape index (κ1) is 14.4. The fourth-order valence-corrected chi connectivity index (χ4v) is 1.37. The predicted octanol–water partition coefficient (Wildman–Crippen LogP) is 1.50. The molecule has 0 fully saturated rings. The number of carbonyl (C=O) groups is 2. The van der Waals surface area contributed by atoms with E-state index in [0.29, 0.717) is 5.56 Å². The van der Waals surface area contributed by atoms with Crippen LogP contribution in [0.5, 0.6) is 0 Å². The van der Waals surface area contributed by atoms with Crippen LogP contribution in [0.4, 0.5) is 16.2 Å². The number of rotatable bonds is 4. The third-order valence-corrected chi connectivity index (χ3v) is 2.47. The van der Waals surface area contributed by atoms with Gasteiger partial charge in [-0.1, -0.05) is 6.07 Å². The highest BCUT2D eigenvalue weighted by Gasteiger charge is 2.17. The van der Waals surface area contributed by atoms with Crippen molar-refractivity contribution in [3.63, 3.8) is 0 Å². The van der Waals surface area contributed by atoms with Gasteiger partial charge in [0.15, 0.2) is 0 Å². The first-order valence-corrected chi connectivity index (χ1v) is 5.37. The minimum atomic E-state index is -1.18. The van der Waals surface area contributed by atoms with E-state index in [1.807, 2.05) is 0 Å². The van der Waals surface area contributed by atoms with Crippen LogP contribution >= 0.6 is 0 Å². The van der Waals surface area contributed by atoms with E-state index in [9.17, 15) is 19.7 Å². The zero-order valence-electron chi connectivity index (χ0n) is 10.3. The van der Waals surface area contributed by atoms with Crippen molar-refractivity contribution in [2.45, 2.75) is 19.9 Å². The Morgan fingerprint density at radius 1 is 1.42 bits per heavy atom. The van der Waals surface area contributed by atoms with Crippen LogP contribution in [0.1, 0.15) is 12.5 Å². The molecule has 0 spiro atoms. The van der Waals surface area contributed by atoms with Gasteiger partial charge >= 0.3 is 12.0 Å². The second-order valence-corrected chi connectivity index (χ2v) is 3.87. The lowest BCUT2D eigenvalue weighted by atomic mass is 10.1. The summed E-state index contributed by atoms with van der Waals surface area (Å²) in [7, 11) is 0. The Balaban J connectivity index is 2.83. The van der Waals surface area contributed by atoms with Gasteiger partial charge in [0, 0.05) is 6.07 Å². The van der Waals surface area contributed by atoms with Crippen LogP contribution in [0.15, 0.2) is 18.2 Å². The van der Waals surface area contributed by atoms with Gasteiger partial charge in [-0.3, -0.25) is 14.9 Å². The summed E-state index contributed by atoms with van der Waals surface area (Å²) in [6, 6.07) is 2.45. The van der Waals surface area contributed by atoms with Crippen molar-refractivity contribution >= 4 is 23.4 Å². The van der Waals surface area contributed by atoms with Gasteiger partial charge in [-0.05, 0) is 19.9 Å². The first-order valence-electron chi connectivity index (χ1n) is 5.37. The number of amides is 2. The van der Waals surface area contributed by atoms with E-state index >= 15 is 0 Å². The second-order valence-electron chi connectivity index (χ2n) is 3.87. The zero-order valence-corrected chi connectivity index (χ0v) is 10.3. The second kappa shape index (κ2) is 5.80. The summed E-state index contributed by atoms with van der Waals surface area (Å²) in [5.41, 5.74) is 0.430. The molecule has 0 aromatic heterocycles. The van der Waals surface area contributed by atoms with E-state index in [1.165, 1.54) is 32.0 Å². The van der Waals surface area contributed by atoms with Gasteiger partial charge in [-0.2, -0.15) is 0 Å². The summed E-state index contributed by atoms with van der Waals surface area (Å²) in [5, 5.41) is 23.9. The summed E-state index contributed by atoms with van der Waals surface area (Å²) in [5.74, 6) is -1.18. The highest BCUT2D eigenvalue weighted by molar-refractivity contribution is 5.93. The van der Waals surface area contributed by atoms with E-state index in [1.54, 1.807) is 0 Å². The number of aliphatic carboxylic acids is 1. The number of benzene rings is 1. The Kier molecular flexibility index (Phi) is 4.41.